The number of nitrogens with zero attached hydrogens (tertiary/aromatic N) is 2. The highest BCUT2D eigenvalue weighted by Gasteiger charge is 2.16. The number of nitrogens with one attached hydrogen (secondary N) is 1. The molecule has 0 bridgehead atoms. The fourth-order valence-electron chi connectivity index (χ4n) is 2.63. The third-order valence-electron chi connectivity index (χ3n) is 3.74. The van der Waals surface area contributed by atoms with E-state index in [9.17, 15) is 10.1 Å². The van der Waals surface area contributed by atoms with Crippen molar-refractivity contribution in [3.8, 4) is 5.69 Å². The van der Waals surface area contributed by atoms with Gasteiger partial charge in [-0.15, -0.1) is 0 Å². The van der Waals surface area contributed by atoms with Crippen molar-refractivity contribution in [2.75, 3.05) is 5.32 Å². The minimum Gasteiger partial charge on any atom is -0.467 e. The van der Waals surface area contributed by atoms with Crippen LogP contribution in [0.3, 0.4) is 0 Å². The number of nitro benzene ring substituents is 1. The molecule has 0 spiro atoms. The first kappa shape index (κ1) is 14.9. The van der Waals surface area contributed by atoms with E-state index in [0.29, 0.717) is 12.2 Å². The quantitative estimate of drug-likeness (QED) is 0.566. The molecule has 1 aromatic carbocycles. The molecule has 3 aromatic rings. The predicted molar refractivity (Wildman–Crippen MR) is 87.9 cm³/mol. The molecule has 0 amide bonds. The normalized spacial score (nSPS) is 10.7. The molecule has 0 aliphatic heterocycles. The Morgan fingerprint density at radius 3 is 2.52 bits per heavy atom. The number of hydrogen-bond donors (Lipinski definition) is 1. The van der Waals surface area contributed by atoms with Gasteiger partial charge in [-0.3, -0.25) is 10.1 Å². The summed E-state index contributed by atoms with van der Waals surface area (Å²) >= 11 is 0. The van der Waals surface area contributed by atoms with Crippen LogP contribution in [0.4, 0.5) is 11.4 Å². The minimum absolute atomic E-state index is 0.0431. The molecule has 1 N–H and O–H groups in total. The SMILES string of the molecule is Cc1ccc(C)n1-c1ccc(NCc2ccco2)c([N+](=O)[O-])c1. The summed E-state index contributed by atoms with van der Waals surface area (Å²) in [7, 11) is 0. The zero-order chi connectivity index (χ0) is 16.4. The van der Waals surface area contributed by atoms with E-state index in [4.69, 9.17) is 4.42 Å². The van der Waals surface area contributed by atoms with E-state index in [2.05, 4.69) is 5.32 Å². The Balaban J connectivity index is 1.94. The van der Waals surface area contributed by atoms with Crippen molar-refractivity contribution in [1.29, 1.82) is 0 Å². The first-order chi connectivity index (χ1) is 11.1. The van der Waals surface area contributed by atoms with Gasteiger partial charge in [0.15, 0.2) is 0 Å². The number of hydrogen-bond acceptors (Lipinski definition) is 4. The molecule has 0 saturated carbocycles. The number of anilines is 1. The van der Waals surface area contributed by atoms with Crippen molar-refractivity contribution in [2.45, 2.75) is 20.4 Å². The molecule has 0 unspecified atom stereocenters. The molecular weight excluding hydrogens is 294 g/mol. The van der Waals surface area contributed by atoms with E-state index in [1.54, 1.807) is 24.5 Å². The highest BCUT2D eigenvalue weighted by Crippen LogP contribution is 2.29. The summed E-state index contributed by atoms with van der Waals surface area (Å²) < 4.78 is 7.22. The second-order valence-corrected chi connectivity index (χ2v) is 5.34. The molecule has 2 aromatic heterocycles. The maximum Gasteiger partial charge on any atom is 0.294 e. The summed E-state index contributed by atoms with van der Waals surface area (Å²) in [6, 6.07) is 12.8. The van der Waals surface area contributed by atoms with Crippen LogP contribution in [0.25, 0.3) is 5.69 Å². The standard InChI is InChI=1S/C17H17N3O3/c1-12-5-6-13(2)19(12)14-7-8-16(17(10-14)20(21)22)18-11-15-4-3-9-23-15/h3-10,18H,11H2,1-2H3. The van der Waals surface area contributed by atoms with Gasteiger partial charge in [-0.25, -0.2) is 0 Å². The van der Waals surface area contributed by atoms with Crippen molar-refractivity contribution in [2.24, 2.45) is 0 Å². The van der Waals surface area contributed by atoms with E-state index in [1.165, 1.54) is 0 Å². The number of rotatable bonds is 5. The average molecular weight is 311 g/mol. The molecule has 6 nitrogen and oxygen atoms in total. The first-order valence-electron chi connectivity index (χ1n) is 7.26. The van der Waals surface area contributed by atoms with Gasteiger partial charge in [0, 0.05) is 17.5 Å². The molecule has 0 radical (unpaired) electrons. The Bertz CT molecular complexity index is 815. The zero-order valence-electron chi connectivity index (χ0n) is 12.9. The smallest absolute Gasteiger partial charge is 0.294 e. The van der Waals surface area contributed by atoms with E-state index in [-0.39, 0.29) is 10.6 Å². The highest BCUT2D eigenvalue weighted by molar-refractivity contribution is 5.65. The summed E-state index contributed by atoms with van der Waals surface area (Å²) in [4.78, 5) is 11.0. The summed E-state index contributed by atoms with van der Waals surface area (Å²) in [6.07, 6.45) is 1.58. The van der Waals surface area contributed by atoms with Gasteiger partial charge in [0.1, 0.15) is 11.4 Å². The van der Waals surface area contributed by atoms with Gasteiger partial charge in [0.2, 0.25) is 0 Å². The van der Waals surface area contributed by atoms with Gasteiger partial charge >= 0.3 is 0 Å². The number of benzene rings is 1. The lowest BCUT2D eigenvalue weighted by Crippen LogP contribution is -2.04. The Hall–Kier alpha value is -3.02. The van der Waals surface area contributed by atoms with Crippen LogP contribution >= 0.6 is 0 Å². The van der Waals surface area contributed by atoms with E-state index in [1.807, 2.05) is 42.7 Å². The van der Waals surface area contributed by atoms with E-state index in [0.717, 1.165) is 22.8 Å². The molecule has 6 heteroatoms. The molecule has 0 fully saturated rings. The van der Waals surface area contributed by atoms with Crippen LogP contribution < -0.4 is 5.32 Å². The fraction of sp³-hybridized carbons (Fsp3) is 0.176. The van der Waals surface area contributed by atoms with Crippen LogP contribution in [0.2, 0.25) is 0 Å². The van der Waals surface area contributed by atoms with Gasteiger partial charge < -0.3 is 14.3 Å². The van der Waals surface area contributed by atoms with Crippen LogP contribution in [0, 0.1) is 24.0 Å². The van der Waals surface area contributed by atoms with Crippen molar-refractivity contribution in [3.05, 3.63) is 76.0 Å². The van der Waals surface area contributed by atoms with Crippen molar-refractivity contribution >= 4 is 11.4 Å². The summed E-state index contributed by atoms with van der Waals surface area (Å²) in [5, 5.41) is 14.5. The molecule has 0 aliphatic rings. The topological polar surface area (TPSA) is 73.2 Å². The first-order valence-corrected chi connectivity index (χ1v) is 7.26. The highest BCUT2D eigenvalue weighted by atomic mass is 16.6. The second-order valence-electron chi connectivity index (χ2n) is 5.34. The third-order valence-corrected chi connectivity index (χ3v) is 3.74. The molecule has 0 saturated heterocycles. The lowest BCUT2D eigenvalue weighted by atomic mass is 10.2. The van der Waals surface area contributed by atoms with Crippen molar-refractivity contribution in [1.82, 2.24) is 4.57 Å². The van der Waals surface area contributed by atoms with Gasteiger partial charge in [-0.05, 0) is 50.2 Å². The molecule has 118 valence electrons. The Morgan fingerprint density at radius 1 is 1.17 bits per heavy atom. The van der Waals surface area contributed by atoms with Crippen LogP contribution in [-0.4, -0.2) is 9.49 Å². The van der Waals surface area contributed by atoms with E-state index < -0.39 is 0 Å². The van der Waals surface area contributed by atoms with Gasteiger partial charge in [-0.2, -0.15) is 0 Å². The monoisotopic (exact) mass is 311 g/mol. The third kappa shape index (κ3) is 2.96. The zero-order valence-corrected chi connectivity index (χ0v) is 12.9. The molecule has 0 atom stereocenters. The van der Waals surface area contributed by atoms with Crippen LogP contribution in [0.5, 0.6) is 0 Å². The minimum atomic E-state index is -0.373. The molecule has 3 rings (SSSR count). The van der Waals surface area contributed by atoms with Crippen LogP contribution in [0.1, 0.15) is 17.1 Å². The number of furan rings is 1. The largest absolute Gasteiger partial charge is 0.467 e. The lowest BCUT2D eigenvalue weighted by Gasteiger charge is -2.11. The van der Waals surface area contributed by atoms with Crippen LogP contribution in [0.15, 0.2) is 53.1 Å². The fourth-order valence-corrected chi connectivity index (χ4v) is 2.63. The van der Waals surface area contributed by atoms with Crippen LogP contribution in [-0.2, 0) is 6.54 Å². The van der Waals surface area contributed by atoms with Gasteiger partial charge in [0.05, 0.1) is 23.4 Å². The number of aryl methyl sites for hydroxylation is 2. The Kier molecular flexibility index (Phi) is 3.89. The maximum absolute atomic E-state index is 11.4. The molecule has 2 heterocycles. The second kappa shape index (κ2) is 6.00. The molecular formula is C17H17N3O3. The maximum atomic E-state index is 11.4. The number of aromatic nitrogens is 1. The Labute approximate surface area is 133 Å². The Morgan fingerprint density at radius 2 is 1.91 bits per heavy atom. The van der Waals surface area contributed by atoms with E-state index >= 15 is 0 Å². The van der Waals surface area contributed by atoms with Gasteiger partial charge in [0.25, 0.3) is 5.69 Å². The lowest BCUT2D eigenvalue weighted by molar-refractivity contribution is -0.383. The van der Waals surface area contributed by atoms with Crippen molar-refractivity contribution in [3.63, 3.8) is 0 Å². The summed E-state index contributed by atoms with van der Waals surface area (Å²) in [6.45, 7) is 4.35. The van der Waals surface area contributed by atoms with Gasteiger partial charge in [-0.1, -0.05) is 0 Å². The summed E-state index contributed by atoms with van der Waals surface area (Å²) in [5.41, 5.74) is 3.36. The molecule has 23 heavy (non-hydrogen) atoms. The summed E-state index contributed by atoms with van der Waals surface area (Å²) in [5.74, 6) is 0.723. The predicted octanol–water partition coefficient (Wildman–Crippen LogP) is 4.21. The molecule has 0 aliphatic carbocycles. The van der Waals surface area contributed by atoms with Crippen molar-refractivity contribution < 1.29 is 9.34 Å². The number of nitro groups is 1. The average Bonchev–Trinajstić information content (AvgIpc) is 3.15.